The molecule has 15 heavy (non-hydrogen) atoms. The highest BCUT2D eigenvalue weighted by Crippen LogP contribution is 2.45. The maximum atomic E-state index is 11.8. The van der Waals surface area contributed by atoms with Gasteiger partial charge >= 0.3 is 6.09 Å². The van der Waals surface area contributed by atoms with E-state index in [2.05, 4.69) is 0 Å². The molecule has 2 bridgehead atoms. The average molecular weight is 211 g/mol. The van der Waals surface area contributed by atoms with Crippen molar-refractivity contribution in [3.63, 3.8) is 0 Å². The van der Waals surface area contributed by atoms with Crippen LogP contribution in [0.4, 0.5) is 4.79 Å². The van der Waals surface area contributed by atoms with Crippen LogP contribution in [0.1, 0.15) is 33.6 Å². The van der Waals surface area contributed by atoms with Gasteiger partial charge in [-0.1, -0.05) is 0 Å². The second kappa shape index (κ2) is 3.22. The zero-order valence-corrected chi connectivity index (χ0v) is 9.40. The molecule has 3 aliphatic rings. The number of hydrogen-bond acceptors (Lipinski definition) is 3. The molecular weight excluding hydrogens is 194 g/mol. The summed E-state index contributed by atoms with van der Waals surface area (Å²) >= 11 is 0. The average Bonchev–Trinajstić information content (AvgIpc) is 2.50. The minimum Gasteiger partial charge on any atom is -0.444 e. The number of amides is 1. The van der Waals surface area contributed by atoms with Crippen molar-refractivity contribution in [3.05, 3.63) is 0 Å². The normalized spacial score (nSPS) is 33.5. The third-order valence-corrected chi connectivity index (χ3v) is 3.09. The molecule has 1 atom stereocenters. The number of carbonyl (C=O) groups is 2. The summed E-state index contributed by atoms with van der Waals surface area (Å²) in [5.41, 5.74) is -0.489. The number of rotatable bonds is 1. The Morgan fingerprint density at radius 1 is 1.40 bits per heavy atom. The van der Waals surface area contributed by atoms with Crippen molar-refractivity contribution in [2.24, 2.45) is 5.92 Å². The number of hydrogen-bond donors (Lipinski definition) is 0. The van der Waals surface area contributed by atoms with E-state index >= 15 is 0 Å². The predicted octanol–water partition coefficient (Wildman–Crippen LogP) is 1.58. The van der Waals surface area contributed by atoms with Gasteiger partial charge in [0.05, 0.1) is 6.04 Å². The molecule has 3 fully saturated rings. The van der Waals surface area contributed by atoms with Crippen LogP contribution in [-0.2, 0) is 9.53 Å². The lowest BCUT2D eigenvalue weighted by Gasteiger charge is -2.28. The highest BCUT2D eigenvalue weighted by molar-refractivity contribution is 5.76. The first kappa shape index (κ1) is 10.5. The summed E-state index contributed by atoms with van der Waals surface area (Å²) in [6.07, 6.45) is 2.46. The highest BCUT2D eigenvalue weighted by Gasteiger charge is 2.53. The summed E-state index contributed by atoms with van der Waals surface area (Å²) in [6.45, 7) is 5.50. The van der Waals surface area contributed by atoms with Gasteiger partial charge in [0.1, 0.15) is 11.9 Å². The van der Waals surface area contributed by atoms with Crippen LogP contribution in [0.25, 0.3) is 0 Å². The lowest BCUT2D eigenvalue weighted by Crippen LogP contribution is -2.42. The Bertz CT molecular complexity index is 289. The number of ether oxygens (including phenoxy) is 1. The third-order valence-electron chi connectivity index (χ3n) is 3.09. The number of aldehydes is 1. The molecule has 3 rings (SSSR count). The maximum absolute atomic E-state index is 11.8. The smallest absolute Gasteiger partial charge is 0.411 e. The quantitative estimate of drug-likeness (QED) is 0.619. The molecule has 0 aromatic heterocycles. The van der Waals surface area contributed by atoms with E-state index in [1.165, 1.54) is 0 Å². The van der Waals surface area contributed by atoms with Crippen molar-refractivity contribution in [1.82, 2.24) is 4.90 Å². The predicted molar refractivity (Wildman–Crippen MR) is 54.4 cm³/mol. The molecule has 4 nitrogen and oxygen atoms in total. The Balaban J connectivity index is 2.04. The third kappa shape index (κ3) is 1.73. The minimum atomic E-state index is -0.489. The first-order valence-electron chi connectivity index (χ1n) is 5.39. The van der Waals surface area contributed by atoms with Gasteiger partial charge in [0.25, 0.3) is 0 Å². The summed E-state index contributed by atoms with van der Waals surface area (Å²) in [5, 5.41) is 0. The van der Waals surface area contributed by atoms with Crippen LogP contribution in [0, 0.1) is 5.92 Å². The Hall–Kier alpha value is -1.06. The zero-order valence-electron chi connectivity index (χ0n) is 9.40. The standard InChI is InChI=1S/C11H17NO3/c1-11(2,3)15-10(14)12-8-4-7(5-8)9(12)6-13/h6-9H,4-5H2,1-3H3/t7?,8?,9-/m1/s1. The van der Waals surface area contributed by atoms with Crippen molar-refractivity contribution >= 4 is 12.4 Å². The summed E-state index contributed by atoms with van der Waals surface area (Å²) in [6, 6.07) is -0.00935. The van der Waals surface area contributed by atoms with Gasteiger partial charge in [-0.2, -0.15) is 0 Å². The van der Waals surface area contributed by atoms with Gasteiger partial charge in [0.15, 0.2) is 0 Å². The van der Waals surface area contributed by atoms with E-state index in [1.54, 1.807) is 4.90 Å². The van der Waals surface area contributed by atoms with E-state index < -0.39 is 5.60 Å². The molecule has 0 radical (unpaired) electrons. The van der Waals surface area contributed by atoms with Crippen LogP contribution < -0.4 is 0 Å². The number of carbonyl (C=O) groups excluding carboxylic acids is 2. The first-order valence-corrected chi connectivity index (χ1v) is 5.39. The minimum absolute atomic E-state index is 0.236. The largest absolute Gasteiger partial charge is 0.444 e. The van der Waals surface area contributed by atoms with Gasteiger partial charge in [0, 0.05) is 6.04 Å². The van der Waals surface area contributed by atoms with Crippen LogP contribution >= 0.6 is 0 Å². The fourth-order valence-electron chi connectivity index (χ4n) is 2.37. The van der Waals surface area contributed by atoms with E-state index in [1.807, 2.05) is 20.8 Å². The molecule has 2 saturated heterocycles. The number of fused-ring (bicyclic) bond motifs is 1. The summed E-state index contributed by atoms with van der Waals surface area (Å²) < 4.78 is 5.28. The van der Waals surface area contributed by atoms with Crippen LogP contribution in [0.15, 0.2) is 0 Å². The van der Waals surface area contributed by atoms with Gasteiger partial charge in [-0.05, 0) is 39.5 Å². The van der Waals surface area contributed by atoms with E-state index in [0.717, 1.165) is 19.1 Å². The van der Waals surface area contributed by atoms with Crippen LogP contribution in [0.3, 0.4) is 0 Å². The molecule has 2 aliphatic heterocycles. The maximum Gasteiger partial charge on any atom is 0.411 e. The Morgan fingerprint density at radius 3 is 2.47 bits per heavy atom. The second-order valence-corrected chi connectivity index (χ2v) is 5.40. The van der Waals surface area contributed by atoms with E-state index in [0.29, 0.717) is 5.92 Å². The summed E-state index contributed by atoms with van der Waals surface area (Å²) in [4.78, 5) is 24.3. The van der Waals surface area contributed by atoms with Gasteiger partial charge in [0.2, 0.25) is 0 Å². The molecule has 0 aromatic rings. The molecule has 1 amide bonds. The van der Waals surface area contributed by atoms with Crippen molar-refractivity contribution in [2.75, 3.05) is 0 Å². The monoisotopic (exact) mass is 211 g/mol. The second-order valence-electron chi connectivity index (χ2n) is 5.40. The molecule has 0 spiro atoms. The van der Waals surface area contributed by atoms with Gasteiger partial charge in [-0.15, -0.1) is 0 Å². The summed E-state index contributed by atoms with van der Waals surface area (Å²) in [5.74, 6) is 0.375. The SMILES string of the molecule is CC(C)(C)OC(=O)N1C2CC(C2)[C@H]1C=O. The molecule has 0 aromatic carbocycles. The Labute approximate surface area is 89.6 Å². The fraction of sp³-hybridized carbons (Fsp3) is 0.818. The van der Waals surface area contributed by atoms with Crippen molar-refractivity contribution < 1.29 is 14.3 Å². The van der Waals surface area contributed by atoms with Crippen LogP contribution in [0.5, 0.6) is 0 Å². The molecule has 84 valence electrons. The Morgan fingerprint density at radius 2 is 2.00 bits per heavy atom. The first-order chi connectivity index (χ1) is 6.92. The Kier molecular flexibility index (Phi) is 2.24. The molecule has 2 heterocycles. The lowest BCUT2D eigenvalue weighted by molar-refractivity contribution is -0.111. The van der Waals surface area contributed by atoms with Crippen molar-refractivity contribution in [3.8, 4) is 0 Å². The topological polar surface area (TPSA) is 46.6 Å². The van der Waals surface area contributed by atoms with Crippen LogP contribution in [-0.4, -0.2) is 35.0 Å². The lowest BCUT2D eigenvalue weighted by atomic mass is 9.83. The zero-order chi connectivity index (χ0) is 11.2. The van der Waals surface area contributed by atoms with Gasteiger partial charge in [-0.3, -0.25) is 4.90 Å². The van der Waals surface area contributed by atoms with E-state index in [4.69, 9.17) is 4.74 Å². The molecule has 0 N–H and O–H groups in total. The molecule has 1 aliphatic carbocycles. The fourth-order valence-corrected chi connectivity index (χ4v) is 2.37. The van der Waals surface area contributed by atoms with Gasteiger partial charge < -0.3 is 9.53 Å². The number of nitrogens with zero attached hydrogens (tertiary/aromatic N) is 1. The highest BCUT2D eigenvalue weighted by atomic mass is 16.6. The molecule has 0 unspecified atom stereocenters. The molecule has 4 heteroatoms. The van der Waals surface area contributed by atoms with Crippen molar-refractivity contribution in [1.29, 1.82) is 0 Å². The molecule has 1 saturated carbocycles. The van der Waals surface area contributed by atoms with Crippen LogP contribution in [0.2, 0.25) is 0 Å². The van der Waals surface area contributed by atoms with E-state index in [-0.39, 0.29) is 18.2 Å². The molecular formula is C11H17NO3. The van der Waals surface area contributed by atoms with Gasteiger partial charge in [-0.25, -0.2) is 4.79 Å². The van der Waals surface area contributed by atoms with E-state index in [9.17, 15) is 9.59 Å². The van der Waals surface area contributed by atoms with Crippen molar-refractivity contribution in [2.45, 2.75) is 51.3 Å². The summed E-state index contributed by atoms with van der Waals surface area (Å²) in [7, 11) is 0.